The van der Waals surface area contributed by atoms with Gasteiger partial charge in [0, 0.05) is 14.8 Å². The Hall–Kier alpha value is -0.830. The lowest BCUT2D eigenvalue weighted by Crippen LogP contribution is -2.21. The fourth-order valence-corrected chi connectivity index (χ4v) is 3.47. The van der Waals surface area contributed by atoms with Crippen molar-refractivity contribution in [2.45, 2.75) is 33.2 Å². The lowest BCUT2D eigenvalue weighted by Gasteiger charge is -2.19. The maximum Gasteiger partial charge on any atom is 0.0674 e. The number of hydrogen-bond donors (Lipinski definition) is 1. The third-order valence-corrected chi connectivity index (χ3v) is 5.05. The SMILES string of the molecule is CCNC(c1ccc(CC)s1)c1cccc(Cl)c1C. The van der Waals surface area contributed by atoms with Crippen LogP contribution < -0.4 is 5.32 Å². The number of halogens is 1. The molecule has 102 valence electrons. The van der Waals surface area contributed by atoms with Gasteiger partial charge < -0.3 is 5.32 Å². The predicted octanol–water partition coefficient (Wildman–Crippen LogP) is 4.97. The van der Waals surface area contributed by atoms with E-state index in [0.29, 0.717) is 0 Å². The normalized spacial score (nSPS) is 12.6. The van der Waals surface area contributed by atoms with E-state index in [2.05, 4.69) is 44.3 Å². The van der Waals surface area contributed by atoms with Crippen molar-refractivity contribution in [3.05, 3.63) is 56.2 Å². The summed E-state index contributed by atoms with van der Waals surface area (Å²) in [5.74, 6) is 0. The minimum absolute atomic E-state index is 0.244. The largest absolute Gasteiger partial charge is 0.306 e. The Morgan fingerprint density at radius 3 is 2.63 bits per heavy atom. The minimum Gasteiger partial charge on any atom is -0.306 e. The molecular weight excluding hydrogens is 274 g/mol. The Morgan fingerprint density at radius 2 is 2.00 bits per heavy atom. The van der Waals surface area contributed by atoms with Crippen LogP contribution >= 0.6 is 22.9 Å². The summed E-state index contributed by atoms with van der Waals surface area (Å²) >= 11 is 8.14. The van der Waals surface area contributed by atoms with Crippen LogP contribution in [0.3, 0.4) is 0 Å². The summed E-state index contributed by atoms with van der Waals surface area (Å²) in [6.45, 7) is 7.37. The molecule has 2 rings (SSSR count). The highest BCUT2D eigenvalue weighted by Gasteiger charge is 2.17. The third kappa shape index (κ3) is 3.19. The molecule has 0 radical (unpaired) electrons. The first-order valence-electron chi connectivity index (χ1n) is 6.74. The van der Waals surface area contributed by atoms with Crippen molar-refractivity contribution in [2.75, 3.05) is 6.54 Å². The Labute approximate surface area is 124 Å². The van der Waals surface area contributed by atoms with Crippen LogP contribution in [0.4, 0.5) is 0 Å². The molecule has 0 spiro atoms. The molecule has 2 aromatic rings. The summed E-state index contributed by atoms with van der Waals surface area (Å²) in [7, 11) is 0. The van der Waals surface area contributed by atoms with Gasteiger partial charge >= 0.3 is 0 Å². The predicted molar refractivity (Wildman–Crippen MR) is 85.4 cm³/mol. The molecule has 1 N–H and O–H groups in total. The van der Waals surface area contributed by atoms with Crippen LogP contribution in [-0.4, -0.2) is 6.54 Å². The fraction of sp³-hybridized carbons (Fsp3) is 0.375. The summed E-state index contributed by atoms with van der Waals surface area (Å²) in [6.07, 6.45) is 1.10. The number of nitrogens with one attached hydrogen (secondary N) is 1. The van der Waals surface area contributed by atoms with E-state index >= 15 is 0 Å². The van der Waals surface area contributed by atoms with E-state index in [4.69, 9.17) is 11.6 Å². The Balaban J connectivity index is 2.42. The Kier molecular flexibility index (Phi) is 5.03. The van der Waals surface area contributed by atoms with Crippen molar-refractivity contribution in [1.82, 2.24) is 5.32 Å². The average molecular weight is 294 g/mol. The molecule has 1 nitrogen and oxygen atoms in total. The van der Waals surface area contributed by atoms with E-state index in [0.717, 1.165) is 18.0 Å². The maximum absolute atomic E-state index is 6.25. The van der Waals surface area contributed by atoms with Crippen LogP contribution in [0.25, 0.3) is 0 Å². The van der Waals surface area contributed by atoms with Crippen molar-refractivity contribution in [1.29, 1.82) is 0 Å². The molecule has 0 aliphatic carbocycles. The molecule has 0 amide bonds. The van der Waals surface area contributed by atoms with Crippen molar-refractivity contribution < 1.29 is 0 Å². The highest BCUT2D eigenvalue weighted by atomic mass is 35.5. The topological polar surface area (TPSA) is 12.0 Å². The molecule has 1 heterocycles. The van der Waals surface area contributed by atoms with Crippen molar-refractivity contribution in [3.8, 4) is 0 Å². The van der Waals surface area contributed by atoms with Gasteiger partial charge in [-0.05, 0) is 49.2 Å². The maximum atomic E-state index is 6.25. The Bertz CT molecular complexity index is 547. The molecule has 1 aromatic heterocycles. The number of thiophene rings is 1. The second-order valence-electron chi connectivity index (χ2n) is 4.60. The first-order valence-corrected chi connectivity index (χ1v) is 7.93. The first-order chi connectivity index (χ1) is 9.17. The van der Waals surface area contributed by atoms with Gasteiger partial charge in [-0.15, -0.1) is 11.3 Å². The minimum atomic E-state index is 0.244. The van der Waals surface area contributed by atoms with Crippen LogP contribution in [0.15, 0.2) is 30.3 Å². The quantitative estimate of drug-likeness (QED) is 0.820. The second-order valence-corrected chi connectivity index (χ2v) is 6.21. The third-order valence-electron chi connectivity index (χ3n) is 3.34. The lowest BCUT2D eigenvalue weighted by molar-refractivity contribution is 0.637. The summed E-state index contributed by atoms with van der Waals surface area (Å²) < 4.78 is 0. The molecule has 3 heteroatoms. The standard InChI is InChI=1S/C16H20ClNS/c1-4-12-9-10-15(19-12)16(18-5-2)13-7-6-8-14(17)11(13)3/h6-10,16,18H,4-5H2,1-3H3. The van der Waals surface area contributed by atoms with Gasteiger partial charge in [0.1, 0.15) is 0 Å². The summed E-state index contributed by atoms with van der Waals surface area (Å²) in [6, 6.07) is 10.9. The van der Waals surface area contributed by atoms with Gasteiger partial charge in [-0.2, -0.15) is 0 Å². The number of rotatable bonds is 5. The summed E-state index contributed by atoms with van der Waals surface area (Å²) in [5, 5.41) is 4.41. The van der Waals surface area contributed by atoms with Gasteiger partial charge in [0.05, 0.1) is 6.04 Å². The lowest BCUT2D eigenvalue weighted by atomic mass is 10.00. The number of benzene rings is 1. The fourth-order valence-electron chi connectivity index (χ4n) is 2.24. The molecule has 0 aliphatic heterocycles. The van der Waals surface area contributed by atoms with E-state index in [9.17, 15) is 0 Å². The average Bonchev–Trinajstić information content (AvgIpc) is 2.88. The molecule has 0 fully saturated rings. The van der Waals surface area contributed by atoms with Gasteiger partial charge in [0.2, 0.25) is 0 Å². The molecule has 0 saturated heterocycles. The number of hydrogen-bond acceptors (Lipinski definition) is 2. The summed E-state index contributed by atoms with van der Waals surface area (Å²) in [4.78, 5) is 2.79. The van der Waals surface area contributed by atoms with E-state index in [1.807, 2.05) is 23.5 Å². The zero-order chi connectivity index (χ0) is 13.8. The first kappa shape index (κ1) is 14.6. The molecule has 1 atom stereocenters. The molecule has 0 bridgehead atoms. The summed E-state index contributed by atoms with van der Waals surface area (Å²) in [5.41, 5.74) is 2.44. The van der Waals surface area contributed by atoms with Crippen molar-refractivity contribution in [3.63, 3.8) is 0 Å². The zero-order valence-electron chi connectivity index (χ0n) is 11.7. The van der Waals surface area contributed by atoms with Crippen molar-refractivity contribution in [2.24, 2.45) is 0 Å². The molecular formula is C16H20ClNS. The molecule has 19 heavy (non-hydrogen) atoms. The zero-order valence-corrected chi connectivity index (χ0v) is 13.2. The van der Waals surface area contributed by atoms with Gasteiger partial charge in [-0.3, -0.25) is 0 Å². The smallest absolute Gasteiger partial charge is 0.0674 e. The van der Waals surface area contributed by atoms with Crippen LogP contribution in [0.5, 0.6) is 0 Å². The van der Waals surface area contributed by atoms with E-state index < -0.39 is 0 Å². The Morgan fingerprint density at radius 1 is 1.21 bits per heavy atom. The van der Waals surface area contributed by atoms with Crippen LogP contribution in [0, 0.1) is 6.92 Å². The molecule has 1 aromatic carbocycles. The van der Waals surface area contributed by atoms with Crippen LogP contribution in [-0.2, 0) is 6.42 Å². The highest BCUT2D eigenvalue weighted by Crippen LogP contribution is 2.32. The van der Waals surface area contributed by atoms with E-state index in [1.165, 1.54) is 20.9 Å². The second kappa shape index (κ2) is 6.56. The van der Waals surface area contributed by atoms with Crippen molar-refractivity contribution >= 4 is 22.9 Å². The van der Waals surface area contributed by atoms with Gasteiger partial charge in [0.25, 0.3) is 0 Å². The monoisotopic (exact) mass is 293 g/mol. The van der Waals surface area contributed by atoms with E-state index in [1.54, 1.807) is 0 Å². The van der Waals surface area contributed by atoms with Gasteiger partial charge in [-0.25, -0.2) is 0 Å². The van der Waals surface area contributed by atoms with Crippen LogP contribution in [0.1, 0.15) is 40.8 Å². The van der Waals surface area contributed by atoms with Crippen LogP contribution in [0.2, 0.25) is 5.02 Å². The molecule has 1 unspecified atom stereocenters. The van der Waals surface area contributed by atoms with E-state index in [-0.39, 0.29) is 6.04 Å². The molecule has 0 aliphatic rings. The molecule has 0 saturated carbocycles. The number of aryl methyl sites for hydroxylation is 1. The highest BCUT2D eigenvalue weighted by molar-refractivity contribution is 7.12. The van der Waals surface area contributed by atoms with Gasteiger partial charge in [-0.1, -0.05) is 37.6 Å². The van der Waals surface area contributed by atoms with Gasteiger partial charge in [0.15, 0.2) is 0 Å².